The summed E-state index contributed by atoms with van der Waals surface area (Å²) in [4.78, 5) is 10.8. The summed E-state index contributed by atoms with van der Waals surface area (Å²) >= 11 is 0. The number of aryl methyl sites for hydroxylation is 1. The van der Waals surface area contributed by atoms with Gasteiger partial charge in [0, 0.05) is 12.6 Å². The number of hydrogen-bond donors (Lipinski definition) is 2. The molecule has 3 nitrogen and oxygen atoms in total. The Balaban J connectivity index is 2.00. The zero-order valence-corrected chi connectivity index (χ0v) is 9.49. The first-order chi connectivity index (χ1) is 7.66. The predicted octanol–water partition coefficient (Wildman–Crippen LogP) is 2.34. The predicted molar refractivity (Wildman–Crippen MR) is 62.6 cm³/mol. The van der Waals surface area contributed by atoms with Crippen LogP contribution in [0.2, 0.25) is 0 Å². The second-order valence-electron chi connectivity index (χ2n) is 4.46. The molecular formula is C13H17NO2. The highest BCUT2D eigenvalue weighted by Crippen LogP contribution is 2.19. The molecule has 0 saturated heterocycles. The van der Waals surface area contributed by atoms with Gasteiger partial charge in [0.1, 0.15) is 0 Å². The highest BCUT2D eigenvalue weighted by molar-refractivity contribution is 5.87. The molecule has 1 saturated carbocycles. The van der Waals surface area contributed by atoms with Crippen LogP contribution >= 0.6 is 0 Å². The van der Waals surface area contributed by atoms with Gasteiger partial charge in [0.15, 0.2) is 0 Å². The van der Waals surface area contributed by atoms with Crippen LogP contribution in [0.5, 0.6) is 0 Å². The number of carboxylic acids is 1. The van der Waals surface area contributed by atoms with Crippen molar-refractivity contribution >= 4 is 5.97 Å². The van der Waals surface area contributed by atoms with Crippen LogP contribution in [0, 0.1) is 6.92 Å². The maximum atomic E-state index is 10.8. The molecule has 0 unspecified atom stereocenters. The SMILES string of the molecule is Cc1cc(C(=O)O)ccc1CNC1CCC1. The van der Waals surface area contributed by atoms with E-state index in [9.17, 15) is 4.79 Å². The van der Waals surface area contributed by atoms with Gasteiger partial charge in [-0.3, -0.25) is 0 Å². The average molecular weight is 219 g/mol. The zero-order chi connectivity index (χ0) is 11.5. The second kappa shape index (κ2) is 4.66. The lowest BCUT2D eigenvalue weighted by Gasteiger charge is -2.26. The molecule has 0 spiro atoms. The molecular weight excluding hydrogens is 202 g/mol. The molecule has 3 heteroatoms. The monoisotopic (exact) mass is 219 g/mol. The van der Waals surface area contributed by atoms with Crippen molar-refractivity contribution in [3.05, 3.63) is 34.9 Å². The number of carboxylic acid groups (broad SMARTS) is 1. The summed E-state index contributed by atoms with van der Waals surface area (Å²) in [6, 6.07) is 5.98. The normalized spacial score (nSPS) is 15.8. The molecule has 0 radical (unpaired) electrons. The zero-order valence-electron chi connectivity index (χ0n) is 9.49. The highest BCUT2D eigenvalue weighted by atomic mass is 16.4. The quantitative estimate of drug-likeness (QED) is 0.817. The number of carbonyl (C=O) groups is 1. The van der Waals surface area contributed by atoms with Crippen LogP contribution in [-0.4, -0.2) is 17.1 Å². The minimum atomic E-state index is -0.860. The van der Waals surface area contributed by atoms with Gasteiger partial charge in [0.2, 0.25) is 0 Å². The molecule has 2 N–H and O–H groups in total. The van der Waals surface area contributed by atoms with Crippen molar-refractivity contribution < 1.29 is 9.90 Å². The van der Waals surface area contributed by atoms with Crippen LogP contribution < -0.4 is 5.32 Å². The summed E-state index contributed by atoms with van der Waals surface area (Å²) in [6.45, 7) is 2.81. The van der Waals surface area contributed by atoms with Gasteiger partial charge >= 0.3 is 5.97 Å². The third kappa shape index (κ3) is 2.42. The summed E-state index contributed by atoms with van der Waals surface area (Å²) < 4.78 is 0. The number of rotatable bonds is 4. The van der Waals surface area contributed by atoms with E-state index in [1.807, 2.05) is 13.0 Å². The van der Waals surface area contributed by atoms with Gasteiger partial charge in [-0.1, -0.05) is 12.5 Å². The molecule has 0 atom stereocenters. The molecule has 2 rings (SSSR count). The minimum Gasteiger partial charge on any atom is -0.478 e. The van der Waals surface area contributed by atoms with Gasteiger partial charge in [-0.25, -0.2) is 4.79 Å². The van der Waals surface area contributed by atoms with Crippen LogP contribution in [0.1, 0.15) is 40.7 Å². The maximum Gasteiger partial charge on any atom is 0.335 e. The third-order valence-electron chi connectivity index (χ3n) is 3.28. The van der Waals surface area contributed by atoms with Crippen molar-refractivity contribution in [2.24, 2.45) is 0 Å². The summed E-state index contributed by atoms with van der Waals surface area (Å²) in [6.07, 6.45) is 3.87. The van der Waals surface area contributed by atoms with E-state index in [4.69, 9.17) is 5.11 Å². The lowest BCUT2D eigenvalue weighted by atomic mass is 9.93. The standard InChI is InChI=1S/C13H17NO2/c1-9-7-10(13(15)16)5-6-11(9)8-14-12-3-2-4-12/h5-7,12,14H,2-4,8H2,1H3,(H,15,16). The fraction of sp³-hybridized carbons (Fsp3) is 0.462. The molecule has 1 aromatic rings. The Morgan fingerprint density at radius 3 is 2.75 bits per heavy atom. The van der Waals surface area contributed by atoms with Crippen LogP contribution in [0.4, 0.5) is 0 Å². The molecule has 16 heavy (non-hydrogen) atoms. The number of benzene rings is 1. The van der Waals surface area contributed by atoms with Crippen molar-refractivity contribution in [2.75, 3.05) is 0 Å². The van der Waals surface area contributed by atoms with Gasteiger partial charge in [-0.2, -0.15) is 0 Å². The first-order valence-electron chi connectivity index (χ1n) is 5.73. The van der Waals surface area contributed by atoms with Crippen molar-refractivity contribution in [3.8, 4) is 0 Å². The van der Waals surface area contributed by atoms with Crippen molar-refractivity contribution in [1.29, 1.82) is 0 Å². The largest absolute Gasteiger partial charge is 0.478 e. The molecule has 0 bridgehead atoms. The van der Waals surface area contributed by atoms with E-state index in [2.05, 4.69) is 5.32 Å². The fourth-order valence-electron chi connectivity index (χ4n) is 1.89. The smallest absolute Gasteiger partial charge is 0.335 e. The number of hydrogen-bond acceptors (Lipinski definition) is 2. The number of nitrogens with one attached hydrogen (secondary N) is 1. The van der Waals surface area contributed by atoms with Gasteiger partial charge < -0.3 is 10.4 Å². The third-order valence-corrected chi connectivity index (χ3v) is 3.28. The van der Waals surface area contributed by atoms with Crippen molar-refractivity contribution in [2.45, 2.75) is 38.8 Å². The summed E-state index contributed by atoms with van der Waals surface area (Å²) in [5, 5.41) is 12.3. The summed E-state index contributed by atoms with van der Waals surface area (Å²) in [5.41, 5.74) is 2.61. The topological polar surface area (TPSA) is 49.3 Å². The Morgan fingerprint density at radius 2 is 2.25 bits per heavy atom. The van der Waals surface area contributed by atoms with Gasteiger partial charge in [0.25, 0.3) is 0 Å². The Labute approximate surface area is 95.5 Å². The van der Waals surface area contributed by atoms with Crippen LogP contribution in [0.25, 0.3) is 0 Å². The lowest BCUT2D eigenvalue weighted by molar-refractivity contribution is 0.0697. The van der Waals surface area contributed by atoms with E-state index in [0.717, 1.165) is 12.1 Å². The lowest BCUT2D eigenvalue weighted by Crippen LogP contribution is -2.34. The highest BCUT2D eigenvalue weighted by Gasteiger charge is 2.16. The van der Waals surface area contributed by atoms with E-state index in [-0.39, 0.29) is 0 Å². The van der Waals surface area contributed by atoms with E-state index >= 15 is 0 Å². The number of aromatic carboxylic acids is 1. The van der Waals surface area contributed by atoms with Gasteiger partial charge in [-0.15, -0.1) is 0 Å². The van der Waals surface area contributed by atoms with Crippen molar-refractivity contribution in [3.63, 3.8) is 0 Å². The van der Waals surface area contributed by atoms with E-state index in [0.29, 0.717) is 11.6 Å². The van der Waals surface area contributed by atoms with Crippen molar-refractivity contribution in [1.82, 2.24) is 5.32 Å². The average Bonchev–Trinajstić information content (AvgIpc) is 2.17. The van der Waals surface area contributed by atoms with Gasteiger partial charge in [0.05, 0.1) is 5.56 Å². The molecule has 86 valence electrons. The van der Waals surface area contributed by atoms with Gasteiger partial charge in [-0.05, 0) is 43.0 Å². The molecule has 1 aromatic carbocycles. The maximum absolute atomic E-state index is 10.8. The fourth-order valence-corrected chi connectivity index (χ4v) is 1.89. The first kappa shape index (κ1) is 11.1. The summed E-state index contributed by atoms with van der Waals surface area (Å²) in [7, 11) is 0. The Kier molecular flexibility index (Phi) is 3.25. The molecule has 0 amide bonds. The van der Waals surface area contributed by atoms with E-state index < -0.39 is 5.97 Å². The first-order valence-corrected chi connectivity index (χ1v) is 5.73. The minimum absolute atomic E-state index is 0.366. The van der Waals surface area contributed by atoms with Crippen LogP contribution in [0.15, 0.2) is 18.2 Å². The molecule has 1 aliphatic carbocycles. The Bertz CT molecular complexity index is 397. The molecule has 1 aliphatic rings. The molecule has 0 aliphatic heterocycles. The molecule has 0 heterocycles. The van der Waals surface area contributed by atoms with E-state index in [1.165, 1.54) is 24.8 Å². The molecule has 0 aromatic heterocycles. The second-order valence-corrected chi connectivity index (χ2v) is 4.46. The van der Waals surface area contributed by atoms with E-state index in [1.54, 1.807) is 12.1 Å². The molecule has 1 fully saturated rings. The Hall–Kier alpha value is -1.35. The summed E-state index contributed by atoms with van der Waals surface area (Å²) in [5.74, 6) is -0.860. The van der Waals surface area contributed by atoms with Crippen LogP contribution in [-0.2, 0) is 6.54 Å². The Morgan fingerprint density at radius 1 is 1.50 bits per heavy atom. The van der Waals surface area contributed by atoms with Crippen LogP contribution in [0.3, 0.4) is 0 Å².